The largest absolute Gasteiger partial charge is 0.368 e. The molecule has 3 atom stereocenters. The molecule has 3 fully saturated rings. The van der Waals surface area contributed by atoms with E-state index in [9.17, 15) is 13.2 Å². The zero-order valence-electron chi connectivity index (χ0n) is 18.3. The van der Waals surface area contributed by atoms with Gasteiger partial charge in [-0.3, -0.25) is 4.79 Å². The van der Waals surface area contributed by atoms with Gasteiger partial charge in [-0.15, -0.1) is 0 Å². The van der Waals surface area contributed by atoms with Crippen LogP contribution >= 0.6 is 0 Å². The third-order valence-corrected chi connectivity index (χ3v) is 8.24. The molecule has 1 saturated carbocycles. The third kappa shape index (κ3) is 4.41. The van der Waals surface area contributed by atoms with Gasteiger partial charge in [0.2, 0.25) is 10.0 Å². The van der Waals surface area contributed by atoms with E-state index in [4.69, 9.17) is 10.00 Å². The van der Waals surface area contributed by atoms with Crippen LogP contribution in [0.5, 0.6) is 0 Å². The van der Waals surface area contributed by atoms with Crippen LogP contribution in [0.2, 0.25) is 0 Å². The minimum absolute atomic E-state index is 0.0567. The lowest BCUT2D eigenvalue weighted by Gasteiger charge is -2.34. The van der Waals surface area contributed by atoms with E-state index in [0.29, 0.717) is 26.0 Å². The summed E-state index contributed by atoms with van der Waals surface area (Å²) in [7, 11) is -3.76. The molecule has 1 aliphatic carbocycles. The van der Waals surface area contributed by atoms with Crippen LogP contribution in [0.1, 0.15) is 24.8 Å². The molecule has 0 bridgehead atoms. The SMILES string of the molecule is N#CCS(=O)(=O)N[C@@H]1[C@H](Cc2cccc(-c3ccccc3)c2)N(C(=O)[C@H]2CCO2)CC12CC2. The molecule has 2 aromatic rings. The Morgan fingerprint density at radius 2 is 1.88 bits per heavy atom. The number of ether oxygens (including phenoxy) is 1. The molecule has 1 spiro atoms. The van der Waals surface area contributed by atoms with E-state index in [1.807, 2.05) is 41.3 Å². The van der Waals surface area contributed by atoms with Crippen molar-refractivity contribution in [3.8, 4) is 17.2 Å². The second-order valence-electron chi connectivity index (χ2n) is 9.33. The van der Waals surface area contributed by atoms with Crippen molar-refractivity contribution in [2.75, 3.05) is 18.9 Å². The molecule has 172 valence electrons. The highest BCUT2D eigenvalue weighted by atomic mass is 32.2. The topological polar surface area (TPSA) is 99.5 Å². The summed E-state index contributed by atoms with van der Waals surface area (Å²) >= 11 is 0. The summed E-state index contributed by atoms with van der Waals surface area (Å²) in [5.41, 5.74) is 2.96. The van der Waals surface area contributed by atoms with E-state index >= 15 is 0 Å². The fourth-order valence-corrected chi connectivity index (χ4v) is 6.18. The van der Waals surface area contributed by atoms with Crippen molar-refractivity contribution in [3.63, 3.8) is 0 Å². The Hall–Kier alpha value is -2.73. The molecular weight excluding hydrogens is 438 g/mol. The van der Waals surface area contributed by atoms with Gasteiger partial charge < -0.3 is 9.64 Å². The fourth-order valence-electron chi connectivity index (χ4n) is 5.13. The van der Waals surface area contributed by atoms with Gasteiger partial charge in [0.15, 0.2) is 5.75 Å². The molecule has 8 heteroatoms. The Bertz CT molecular complexity index is 1180. The lowest BCUT2D eigenvalue weighted by atomic mass is 9.91. The van der Waals surface area contributed by atoms with E-state index < -0.39 is 27.9 Å². The number of nitrogens with zero attached hydrogens (tertiary/aromatic N) is 2. The second kappa shape index (κ2) is 8.56. The Morgan fingerprint density at radius 1 is 1.15 bits per heavy atom. The maximum Gasteiger partial charge on any atom is 0.252 e. The normalized spacial score (nSPS) is 25.4. The number of hydrogen-bond acceptors (Lipinski definition) is 5. The molecule has 2 aliphatic heterocycles. The average molecular weight is 466 g/mol. The van der Waals surface area contributed by atoms with Gasteiger partial charge in [0.05, 0.1) is 18.7 Å². The first-order valence-electron chi connectivity index (χ1n) is 11.3. The Labute approximate surface area is 194 Å². The monoisotopic (exact) mass is 465 g/mol. The van der Waals surface area contributed by atoms with Crippen LogP contribution in [0.25, 0.3) is 11.1 Å². The number of carbonyl (C=O) groups excluding carboxylic acids is 1. The molecule has 1 amide bonds. The van der Waals surface area contributed by atoms with Gasteiger partial charge in [-0.05, 0) is 36.0 Å². The lowest BCUT2D eigenvalue weighted by molar-refractivity contribution is -0.157. The van der Waals surface area contributed by atoms with Crippen molar-refractivity contribution in [1.82, 2.24) is 9.62 Å². The van der Waals surface area contributed by atoms with Crippen molar-refractivity contribution in [1.29, 1.82) is 5.26 Å². The van der Waals surface area contributed by atoms with Gasteiger partial charge in [0.25, 0.3) is 5.91 Å². The molecule has 0 radical (unpaired) electrons. The zero-order chi connectivity index (χ0) is 23.1. The average Bonchev–Trinajstić information content (AvgIpc) is 3.49. The van der Waals surface area contributed by atoms with Crippen LogP contribution in [0.15, 0.2) is 54.6 Å². The molecule has 7 nitrogen and oxygen atoms in total. The van der Waals surface area contributed by atoms with Gasteiger partial charge in [-0.25, -0.2) is 13.1 Å². The van der Waals surface area contributed by atoms with Crippen LogP contribution in [0.4, 0.5) is 0 Å². The number of hydrogen-bond donors (Lipinski definition) is 1. The molecule has 2 saturated heterocycles. The molecule has 3 aliphatic rings. The first-order chi connectivity index (χ1) is 15.9. The zero-order valence-corrected chi connectivity index (χ0v) is 19.1. The highest BCUT2D eigenvalue weighted by Crippen LogP contribution is 2.55. The van der Waals surface area contributed by atoms with Crippen molar-refractivity contribution in [2.24, 2.45) is 5.41 Å². The van der Waals surface area contributed by atoms with Crippen molar-refractivity contribution >= 4 is 15.9 Å². The second-order valence-corrected chi connectivity index (χ2v) is 11.1. The quantitative estimate of drug-likeness (QED) is 0.677. The summed E-state index contributed by atoms with van der Waals surface area (Å²) in [5, 5.41) is 8.96. The first-order valence-corrected chi connectivity index (χ1v) is 13.0. The van der Waals surface area contributed by atoms with Gasteiger partial charge >= 0.3 is 0 Å². The highest BCUT2D eigenvalue weighted by molar-refractivity contribution is 7.89. The number of nitriles is 1. The molecule has 2 aromatic carbocycles. The minimum atomic E-state index is -3.76. The van der Waals surface area contributed by atoms with Gasteiger partial charge in [0, 0.05) is 24.4 Å². The van der Waals surface area contributed by atoms with Crippen molar-refractivity contribution < 1.29 is 17.9 Å². The predicted octanol–water partition coefficient (Wildman–Crippen LogP) is 2.49. The molecule has 0 unspecified atom stereocenters. The first kappa shape index (κ1) is 22.1. The number of amides is 1. The van der Waals surface area contributed by atoms with Crippen LogP contribution in [0, 0.1) is 16.7 Å². The molecular formula is C25H27N3O4S. The fraction of sp³-hybridized carbons (Fsp3) is 0.440. The summed E-state index contributed by atoms with van der Waals surface area (Å²) in [6, 6.07) is 19.2. The standard InChI is InChI=1S/C25H27N3O4S/c26-12-14-33(30,31)27-23-21(28(17-25(23)10-11-25)24(29)22-9-13-32-22)16-18-5-4-8-20(15-18)19-6-2-1-3-7-19/h1-8,15,21-23,27H,9-11,13-14,16-17H2/t21-,22+,23+/m0/s1. The summed E-state index contributed by atoms with van der Waals surface area (Å²) < 4.78 is 33.4. The molecule has 33 heavy (non-hydrogen) atoms. The van der Waals surface area contributed by atoms with Crippen LogP contribution in [-0.2, 0) is 26.0 Å². The van der Waals surface area contributed by atoms with E-state index in [1.165, 1.54) is 0 Å². The number of likely N-dealkylation sites (tertiary alicyclic amines) is 1. The number of rotatable bonds is 7. The van der Waals surface area contributed by atoms with Crippen LogP contribution < -0.4 is 4.72 Å². The van der Waals surface area contributed by atoms with Gasteiger partial charge in [-0.2, -0.15) is 5.26 Å². The number of nitrogens with one attached hydrogen (secondary N) is 1. The number of benzene rings is 2. The molecule has 1 N–H and O–H groups in total. The number of carbonyl (C=O) groups is 1. The maximum absolute atomic E-state index is 13.2. The lowest BCUT2D eigenvalue weighted by Crippen LogP contribution is -2.53. The summed E-state index contributed by atoms with van der Waals surface area (Å²) in [5.74, 6) is -0.645. The van der Waals surface area contributed by atoms with Gasteiger partial charge in [0.1, 0.15) is 6.10 Å². The third-order valence-electron chi connectivity index (χ3n) is 7.12. The Kier molecular flexibility index (Phi) is 5.73. The van der Waals surface area contributed by atoms with Crippen molar-refractivity contribution in [2.45, 2.75) is 43.9 Å². The molecule has 2 heterocycles. The van der Waals surface area contributed by atoms with E-state index in [1.54, 1.807) is 6.07 Å². The molecule has 5 rings (SSSR count). The van der Waals surface area contributed by atoms with E-state index in [0.717, 1.165) is 29.5 Å². The highest BCUT2D eigenvalue weighted by Gasteiger charge is 2.61. The smallest absolute Gasteiger partial charge is 0.252 e. The van der Waals surface area contributed by atoms with E-state index in [2.05, 4.69) is 22.9 Å². The summed E-state index contributed by atoms with van der Waals surface area (Å²) in [4.78, 5) is 15.1. The maximum atomic E-state index is 13.2. The van der Waals surface area contributed by atoms with Crippen LogP contribution in [0.3, 0.4) is 0 Å². The summed E-state index contributed by atoms with van der Waals surface area (Å²) in [6.45, 7) is 1.10. The van der Waals surface area contributed by atoms with Crippen LogP contribution in [-0.4, -0.2) is 56.3 Å². The van der Waals surface area contributed by atoms with E-state index in [-0.39, 0.29) is 17.4 Å². The van der Waals surface area contributed by atoms with Gasteiger partial charge in [-0.1, -0.05) is 54.6 Å². The minimum Gasteiger partial charge on any atom is -0.368 e. The van der Waals surface area contributed by atoms with Crippen molar-refractivity contribution in [3.05, 3.63) is 60.2 Å². The Morgan fingerprint density at radius 3 is 2.52 bits per heavy atom. The Balaban J connectivity index is 1.47. The molecule has 0 aromatic heterocycles. The summed E-state index contributed by atoms with van der Waals surface area (Å²) in [6.07, 6.45) is 2.52. The predicted molar refractivity (Wildman–Crippen MR) is 123 cm³/mol. The number of sulfonamides is 1.